The van der Waals surface area contributed by atoms with Crippen molar-refractivity contribution in [3.8, 4) is 0 Å². The first-order valence-electron chi connectivity index (χ1n) is 6.13. The number of hydrogen-bond acceptors (Lipinski definition) is 4. The van der Waals surface area contributed by atoms with E-state index in [9.17, 15) is 0 Å². The SMILES string of the molecule is CCN(Cc1ncccn1)c1ccc(CN)cc1. The largest absolute Gasteiger partial charge is 0.364 e. The minimum Gasteiger partial charge on any atom is -0.364 e. The summed E-state index contributed by atoms with van der Waals surface area (Å²) in [6.07, 6.45) is 3.54. The lowest BCUT2D eigenvalue weighted by molar-refractivity contribution is 0.779. The molecule has 0 saturated carbocycles. The maximum absolute atomic E-state index is 5.60. The van der Waals surface area contributed by atoms with E-state index in [0.29, 0.717) is 6.54 Å². The monoisotopic (exact) mass is 242 g/mol. The van der Waals surface area contributed by atoms with E-state index in [1.54, 1.807) is 12.4 Å². The zero-order valence-electron chi connectivity index (χ0n) is 10.6. The molecule has 0 unspecified atom stereocenters. The molecule has 18 heavy (non-hydrogen) atoms. The van der Waals surface area contributed by atoms with Gasteiger partial charge in [0.05, 0.1) is 6.54 Å². The Morgan fingerprint density at radius 2 is 1.78 bits per heavy atom. The van der Waals surface area contributed by atoms with E-state index in [1.165, 1.54) is 5.69 Å². The summed E-state index contributed by atoms with van der Waals surface area (Å²) in [7, 11) is 0. The molecule has 2 N–H and O–H groups in total. The Hall–Kier alpha value is -1.94. The van der Waals surface area contributed by atoms with Crippen LogP contribution in [-0.4, -0.2) is 16.5 Å². The Kier molecular flexibility index (Phi) is 4.25. The molecular formula is C14H18N4. The maximum atomic E-state index is 5.60. The van der Waals surface area contributed by atoms with E-state index in [0.717, 1.165) is 24.5 Å². The summed E-state index contributed by atoms with van der Waals surface area (Å²) in [5.41, 5.74) is 7.91. The normalized spacial score (nSPS) is 10.3. The summed E-state index contributed by atoms with van der Waals surface area (Å²) >= 11 is 0. The van der Waals surface area contributed by atoms with E-state index in [2.05, 4.69) is 46.1 Å². The van der Waals surface area contributed by atoms with Crippen LogP contribution in [0.25, 0.3) is 0 Å². The molecule has 0 spiro atoms. The Morgan fingerprint density at radius 3 is 2.33 bits per heavy atom. The second kappa shape index (κ2) is 6.12. The minimum atomic E-state index is 0.578. The summed E-state index contributed by atoms with van der Waals surface area (Å²) < 4.78 is 0. The second-order valence-electron chi connectivity index (χ2n) is 4.05. The third-order valence-corrected chi connectivity index (χ3v) is 2.87. The molecule has 0 atom stereocenters. The molecule has 2 rings (SSSR count). The van der Waals surface area contributed by atoms with Gasteiger partial charge in [0.25, 0.3) is 0 Å². The first-order valence-corrected chi connectivity index (χ1v) is 6.13. The van der Waals surface area contributed by atoms with Gasteiger partial charge >= 0.3 is 0 Å². The van der Waals surface area contributed by atoms with Crippen molar-refractivity contribution >= 4 is 5.69 Å². The van der Waals surface area contributed by atoms with Crippen molar-refractivity contribution in [2.75, 3.05) is 11.4 Å². The molecule has 2 aromatic rings. The highest BCUT2D eigenvalue weighted by atomic mass is 15.1. The Morgan fingerprint density at radius 1 is 1.11 bits per heavy atom. The van der Waals surface area contributed by atoms with Gasteiger partial charge in [-0.2, -0.15) is 0 Å². The van der Waals surface area contributed by atoms with Gasteiger partial charge in [0.2, 0.25) is 0 Å². The van der Waals surface area contributed by atoms with Crippen LogP contribution in [0.5, 0.6) is 0 Å². The smallest absolute Gasteiger partial charge is 0.147 e. The molecule has 1 aromatic heterocycles. The van der Waals surface area contributed by atoms with Crippen LogP contribution >= 0.6 is 0 Å². The molecule has 0 aliphatic heterocycles. The Bertz CT molecular complexity index is 467. The molecule has 0 fully saturated rings. The number of hydrogen-bond donors (Lipinski definition) is 1. The van der Waals surface area contributed by atoms with Gasteiger partial charge in [-0.1, -0.05) is 12.1 Å². The van der Waals surface area contributed by atoms with Crippen LogP contribution in [0.3, 0.4) is 0 Å². The Balaban J connectivity index is 2.12. The molecule has 0 amide bonds. The molecule has 1 heterocycles. The van der Waals surface area contributed by atoms with E-state index in [1.807, 2.05) is 6.07 Å². The lowest BCUT2D eigenvalue weighted by Crippen LogP contribution is -2.23. The Labute approximate surface area is 107 Å². The van der Waals surface area contributed by atoms with Crippen molar-refractivity contribution in [1.82, 2.24) is 9.97 Å². The van der Waals surface area contributed by atoms with Crippen molar-refractivity contribution in [3.05, 3.63) is 54.1 Å². The van der Waals surface area contributed by atoms with Crippen molar-refractivity contribution in [3.63, 3.8) is 0 Å². The van der Waals surface area contributed by atoms with Gasteiger partial charge < -0.3 is 10.6 Å². The highest BCUT2D eigenvalue weighted by molar-refractivity contribution is 5.47. The number of benzene rings is 1. The molecule has 1 aromatic carbocycles. The zero-order valence-corrected chi connectivity index (χ0v) is 10.6. The van der Waals surface area contributed by atoms with Gasteiger partial charge in [0.1, 0.15) is 5.82 Å². The zero-order chi connectivity index (χ0) is 12.8. The van der Waals surface area contributed by atoms with Crippen LogP contribution in [0.1, 0.15) is 18.3 Å². The van der Waals surface area contributed by atoms with Crippen LogP contribution in [0.4, 0.5) is 5.69 Å². The fraction of sp³-hybridized carbons (Fsp3) is 0.286. The van der Waals surface area contributed by atoms with Crippen molar-refractivity contribution in [1.29, 1.82) is 0 Å². The molecular weight excluding hydrogens is 224 g/mol. The summed E-state index contributed by atoms with van der Waals surface area (Å²) in [6, 6.07) is 10.1. The quantitative estimate of drug-likeness (QED) is 0.870. The first-order chi connectivity index (χ1) is 8.83. The van der Waals surface area contributed by atoms with E-state index >= 15 is 0 Å². The average Bonchev–Trinajstić information content (AvgIpc) is 2.46. The standard InChI is InChI=1S/C14H18N4/c1-2-18(11-14-16-8-3-9-17-14)13-6-4-12(10-15)5-7-13/h3-9H,2,10-11,15H2,1H3. The number of rotatable bonds is 5. The highest BCUT2D eigenvalue weighted by Crippen LogP contribution is 2.16. The minimum absolute atomic E-state index is 0.578. The van der Waals surface area contributed by atoms with E-state index in [-0.39, 0.29) is 0 Å². The van der Waals surface area contributed by atoms with Crippen molar-refractivity contribution in [2.45, 2.75) is 20.0 Å². The number of nitrogens with zero attached hydrogens (tertiary/aromatic N) is 3. The molecule has 0 aliphatic rings. The third kappa shape index (κ3) is 3.05. The summed E-state index contributed by atoms with van der Waals surface area (Å²) in [5.74, 6) is 0.835. The summed E-state index contributed by atoms with van der Waals surface area (Å²) in [4.78, 5) is 10.7. The van der Waals surface area contributed by atoms with Gasteiger partial charge in [-0.15, -0.1) is 0 Å². The van der Waals surface area contributed by atoms with Crippen molar-refractivity contribution in [2.24, 2.45) is 5.73 Å². The predicted molar refractivity (Wildman–Crippen MR) is 73.1 cm³/mol. The van der Waals surface area contributed by atoms with E-state index < -0.39 is 0 Å². The molecule has 0 radical (unpaired) electrons. The maximum Gasteiger partial charge on any atom is 0.147 e. The number of aromatic nitrogens is 2. The topological polar surface area (TPSA) is 55.0 Å². The third-order valence-electron chi connectivity index (χ3n) is 2.87. The van der Waals surface area contributed by atoms with Gasteiger partial charge in [0.15, 0.2) is 0 Å². The van der Waals surface area contributed by atoms with Crippen LogP contribution in [0, 0.1) is 0 Å². The van der Waals surface area contributed by atoms with Gasteiger partial charge in [-0.05, 0) is 30.7 Å². The summed E-state index contributed by atoms with van der Waals surface area (Å²) in [6.45, 7) is 4.34. The van der Waals surface area contributed by atoms with Gasteiger partial charge in [0, 0.05) is 31.2 Å². The summed E-state index contributed by atoms with van der Waals surface area (Å²) in [5, 5.41) is 0. The van der Waals surface area contributed by atoms with Crippen LogP contribution in [-0.2, 0) is 13.1 Å². The average molecular weight is 242 g/mol. The van der Waals surface area contributed by atoms with Crippen molar-refractivity contribution < 1.29 is 0 Å². The second-order valence-corrected chi connectivity index (χ2v) is 4.05. The number of nitrogens with two attached hydrogens (primary N) is 1. The fourth-order valence-electron chi connectivity index (χ4n) is 1.81. The molecule has 0 bridgehead atoms. The van der Waals surface area contributed by atoms with Crippen LogP contribution in [0.15, 0.2) is 42.7 Å². The van der Waals surface area contributed by atoms with Gasteiger partial charge in [-0.25, -0.2) is 9.97 Å². The first kappa shape index (κ1) is 12.5. The van der Waals surface area contributed by atoms with Crippen LogP contribution in [0.2, 0.25) is 0 Å². The molecule has 4 nitrogen and oxygen atoms in total. The molecule has 0 aliphatic carbocycles. The predicted octanol–water partition coefficient (Wildman–Crippen LogP) is 1.96. The van der Waals surface area contributed by atoms with Gasteiger partial charge in [-0.3, -0.25) is 0 Å². The van der Waals surface area contributed by atoms with E-state index in [4.69, 9.17) is 5.73 Å². The molecule has 4 heteroatoms. The molecule has 0 saturated heterocycles. The van der Waals surface area contributed by atoms with Crippen LogP contribution < -0.4 is 10.6 Å². The lowest BCUT2D eigenvalue weighted by Gasteiger charge is -2.22. The highest BCUT2D eigenvalue weighted by Gasteiger charge is 2.06. The number of anilines is 1. The lowest BCUT2D eigenvalue weighted by atomic mass is 10.2. The molecule has 94 valence electrons. The fourth-order valence-corrected chi connectivity index (χ4v) is 1.81.